The number of hydrogen-bond donors (Lipinski definition) is 2. The van der Waals surface area contributed by atoms with Gasteiger partial charge in [0.05, 0.1) is 3.57 Å². The van der Waals surface area contributed by atoms with Crippen LogP contribution in [0.3, 0.4) is 0 Å². The van der Waals surface area contributed by atoms with Crippen LogP contribution in [0.1, 0.15) is 94.2 Å². The Morgan fingerprint density at radius 3 is 2.21 bits per heavy atom. The molecule has 3 aromatic carbocycles. The highest BCUT2D eigenvalue weighted by molar-refractivity contribution is 14.1. The zero-order chi connectivity index (χ0) is 27.1. The van der Waals surface area contributed by atoms with Crippen LogP contribution in [0.4, 0.5) is 4.39 Å². The van der Waals surface area contributed by atoms with Crippen molar-refractivity contribution in [3.05, 3.63) is 74.6 Å². The molecule has 4 heteroatoms. The van der Waals surface area contributed by atoms with Gasteiger partial charge in [0.1, 0.15) is 11.6 Å². The standard InChI is InChI=1S/C34H42FIO2/c1-3-5-6-8-23-10-12-24(13-11-23)25-14-16-26(17-15-25)27-18-19-30(32(35)22-27)31-21-28(9-7-20-37)34(38)33(36)29(31)4-2/h14-19,21-24,37-38H,3-13,20H2,1-2H3. The maximum atomic E-state index is 15.6. The molecule has 0 radical (unpaired) electrons. The topological polar surface area (TPSA) is 40.5 Å². The quantitative estimate of drug-likeness (QED) is 0.164. The molecular weight excluding hydrogens is 586 g/mol. The van der Waals surface area contributed by atoms with Crippen LogP contribution in [0.5, 0.6) is 5.75 Å². The maximum absolute atomic E-state index is 15.6. The van der Waals surface area contributed by atoms with E-state index >= 15 is 4.39 Å². The van der Waals surface area contributed by atoms with Crippen molar-refractivity contribution >= 4 is 22.6 Å². The first-order chi connectivity index (χ1) is 18.5. The number of rotatable bonds is 11. The average Bonchev–Trinajstić information content (AvgIpc) is 2.94. The zero-order valence-electron chi connectivity index (χ0n) is 22.9. The van der Waals surface area contributed by atoms with Crippen molar-refractivity contribution in [3.63, 3.8) is 0 Å². The van der Waals surface area contributed by atoms with Crippen molar-refractivity contribution in [3.8, 4) is 28.0 Å². The molecule has 4 rings (SSSR count). The first kappa shape index (κ1) is 29.1. The van der Waals surface area contributed by atoms with Crippen LogP contribution in [0, 0.1) is 15.3 Å². The fraction of sp³-hybridized carbons (Fsp3) is 0.471. The molecular formula is C34H42FIO2. The van der Waals surface area contributed by atoms with Crippen LogP contribution in [-0.2, 0) is 12.8 Å². The summed E-state index contributed by atoms with van der Waals surface area (Å²) >= 11 is 2.16. The van der Waals surface area contributed by atoms with Crippen LogP contribution in [-0.4, -0.2) is 16.8 Å². The normalized spacial score (nSPS) is 17.6. The van der Waals surface area contributed by atoms with Crippen molar-refractivity contribution in [1.82, 2.24) is 0 Å². The van der Waals surface area contributed by atoms with E-state index < -0.39 is 0 Å². The molecule has 0 spiro atoms. The second kappa shape index (κ2) is 13.9. The van der Waals surface area contributed by atoms with Crippen molar-refractivity contribution < 1.29 is 14.6 Å². The molecule has 0 saturated heterocycles. The number of halogens is 2. The molecule has 3 aromatic rings. The lowest BCUT2D eigenvalue weighted by molar-refractivity contribution is 0.288. The Morgan fingerprint density at radius 2 is 1.58 bits per heavy atom. The minimum atomic E-state index is -0.253. The molecule has 2 N–H and O–H groups in total. The first-order valence-electron chi connectivity index (χ1n) is 14.5. The molecule has 204 valence electrons. The second-order valence-corrected chi connectivity index (χ2v) is 12.0. The van der Waals surface area contributed by atoms with Gasteiger partial charge in [-0.15, -0.1) is 0 Å². The number of aliphatic hydroxyl groups is 1. The van der Waals surface area contributed by atoms with Gasteiger partial charge in [-0.2, -0.15) is 0 Å². The number of benzene rings is 3. The van der Waals surface area contributed by atoms with E-state index in [1.54, 1.807) is 6.07 Å². The summed E-state index contributed by atoms with van der Waals surface area (Å²) in [5.41, 5.74) is 6.42. The molecule has 1 aliphatic rings. The Morgan fingerprint density at radius 1 is 0.868 bits per heavy atom. The van der Waals surface area contributed by atoms with Gasteiger partial charge in [-0.25, -0.2) is 4.39 Å². The zero-order valence-corrected chi connectivity index (χ0v) is 25.1. The number of hydrogen-bond acceptors (Lipinski definition) is 2. The van der Waals surface area contributed by atoms with Crippen LogP contribution >= 0.6 is 22.6 Å². The van der Waals surface area contributed by atoms with Gasteiger partial charge >= 0.3 is 0 Å². The van der Waals surface area contributed by atoms with Gasteiger partial charge in [-0.1, -0.05) is 75.9 Å². The molecule has 0 atom stereocenters. The fourth-order valence-electron chi connectivity index (χ4n) is 6.11. The fourth-order valence-corrected chi connectivity index (χ4v) is 7.12. The largest absolute Gasteiger partial charge is 0.507 e. The van der Waals surface area contributed by atoms with Gasteiger partial charge in [0.25, 0.3) is 0 Å². The molecule has 0 unspecified atom stereocenters. The lowest BCUT2D eigenvalue weighted by Gasteiger charge is -2.29. The Bertz CT molecular complexity index is 1200. The lowest BCUT2D eigenvalue weighted by Crippen LogP contribution is -2.13. The van der Waals surface area contributed by atoms with Crippen molar-refractivity contribution in [2.75, 3.05) is 6.61 Å². The van der Waals surface area contributed by atoms with Crippen molar-refractivity contribution in [2.45, 2.75) is 90.4 Å². The molecule has 0 amide bonds. The first-order valence-corrected chi connectivity index (χ1v) is 15.6. The average molecular weight is 629 g/mol. The third kappa shape index (κ3) is 6.80. The lowest BCUT2D eigenvalue weighted by atomic mass is 9.77. The van der Waals surface area contributed by atoms with Gasteiger partial charge < -0.3 is 10.2 Å². The van der Waals surface area contributed by atoms with Gasteiger partial charge in [-0.3, -0.25) is 0 Å². The highest BCUT2D eigenvalue weighted by atomic mass is 127. The smallest absolute Gasteiger partial charge is 0.132 e. The number of aliphatic hydroxyl groups excluding tert-OH is 1. The Kier molecular flexibility index (Phi) is 10.7. The van der Waals surface area contributed by atoms with E-state index in [1.165, 1.54) is 56.9 Å². The minimum Gasteiger partial charge on any atom is -0.507 e. The Balaban J connectivity index is 1.50. The second-order valence-electron chi connectivity index (χ2n) is 10.9. The summed E-state index contributed by atoms with van der Waals surface area (Å²) in [5, 5.41) is 19.9. The highest BCUT2D eigenvalue weighted by Crippen LogP contribution is 2.40. The van der Waals surface area contributed by atoms with E-state index in [0.717, 1.165) is 37.3 Å². The summed E-state index contributed by atoms with van der Waals surface area (Å²) in [6.45, 7) is 4.36. The number of phenols is 1. The molecule has 1 saturated carbocycles. The van der Waals surface area contributed by atoms with E-state index in [-0.39, 0.29) is 18.2 Å². The van der Waals surface area contributed by atoms with Gasteiger partial charge in [-0.05, 0) is 125 Å². The molecule has 0 heterocycles. The highest BCUT2D eigenvalue weighted by Gasteiger charge is 2.22. The van der Waals surface area contributed by atoms with Crippen molar-refractivity contribution in [2.24, 2.45) is 5.92 Å². The summed E-state index contributed by atoms with van der Waals surface area (Å²) in [7, 11) is 0. The third-order valence-corrected chi connectivity index (χ3v) is 9.58. The summed E-state index contributed by atoms with van der Waals surface area (Å²) < 4.78 is 16.3. The van der Waals surface area contributed by atoms with Crippen LogP contribution < -0.4 is 0 Å². The van der Waals surface area contributed by atoms with Crippen LogP contribution in [0.2, 0.25) is 0 Å². The summed E-state index contributed by atoms with van der Waals surface area (Å²) in [4.78, 5) is 0. The molecule has 0 aliphatic heterocycles. The third-order valence-electron chi connectivity index (χ3n) is 8.42. The summed E-state index contributed by atoms with van der Waals surface area (Å²) in [6, 6.07) is 16.2. The number of phenolic OH excluding ortho intramolecular Hbond substituents is 1. The Labute approximate surface area is 241 Å². The van der Waals surface area contributed by atoms with E-state index in [0.29, 0.717) is 30.7 Å². The predicted octanol–water partition coefficient (Wildman–Crippen LogP) is 9.81. The molecule has 38 heavy (non-hydrogen) atoms. The van der Waals surface area contributed by atoms with Crippen molar-refractivity contribution in [1.29, 1.82) is 0 Å². The monoisotopic (exact) mass is 628 g/mol. The minimum absolute atomic E-state index is 0.0586. The number of aromatic hydroxyl groups is 1. The van der Waals surface area contributed by atoms with Crippen LogP contribution in [0.15, 0.2) is 48.5 Å². The number of unbranched alkanes of at least 4 members (excludes halogenated alkanes) is 2. The summed E-state index contributed by atoms with van der Waals surface area (Å²) in [5.74, 6) is 1.56. The molecule has 0 aromatic heterocycles. The van der Waals surface area contributed by atoms with E-state index in [1.807, 2.05) is 25.1 Å². The molecule has 2 nitrogen and oxygen atoms in total. The molecule has 1 fully saturated rings. The summed E-state index contributed by atoms with van der Waals surface area (Å²) in [6.07, 6.45) is 12.5. The predicted molar refractivity (Wildman–Crippen MR) is 165 cm³/mol. The molecule has 0 bridgehead atoms. The van der Waals surface area contributed by atoms with Gasteiger partial charge in [0.15, 0.2) is 0 Å². The Hall–Kier alpha value is -1.92. The number of aryl methyl sites for hydroxylation is 1. The maximum Gasteiger partial charge on any atom is 0.132 e. The van der Waals surface area contributed by atoms with Crippen LogP contribution in [0.25, 0.3) is 22.3 Å². The van der Waals surface area contributed by atoms with E-state index in [9.17, 15) is 10.2 Å². The van der Waals surface area contributed by atoms with Gasteiger partial charge in [0, 0.05) is 12.2 Å². The van der Waals surface area contributed by atoms with E-state index in [2.05, 4.69) is 53.8 Å². The SMILES string of the molecule is CCCCCC1CCC(c2ccc(-c3ccc(-c4cc(CCCO)c(O)c(I)c4CC)c(F)c3)cc2)CC1. The van der Waals surface area contributed by atoms with Gasteiger partial charge in [0.2, 0.25) is 0 Å². The molecule has 1 aliphatic carbocycles. The van der Waals surface area contributed by atoms with E-state index in [4.69, 9.17) is 0 Å².